The van der Waals surface area contributed by atoms with E-state index in [1.165, 1.54) is 12.0 Å². The van der Waals surface area contributed by atoms with Crippen LogP contribution in [0.5, 0.6) is 5.75 Å². The lowest BCUT2D eigenvalue weighted by Gasteiger charge is -2.16. The summed E-state index contributed by atoms with van der Waals surface area (Å²) in [5, 5.41) is 0. The summed E-state index contributed by atoms with van der Waals surface area (Å²) < 4.78 is 17.9. The van der Waals surface area contributed by atoms with E-state index in [0.29, 0.717) is 35.0 Å². The minimum Gasteiger partial charge on any atom is -0.486 e. The Bertz CT molecular complexity index is 1000. The van der Waals surface area contributed by atoms with Crippen LogP contribution in [0.4, 0.5) is 0 Å². The quantitative estimate of drug-likeness (QED) is 0.570. The molecule has 1 amide bonds. The largest absolute Gasteiger partial charge is 0.486 e. The zero-order valence-corrected chi connectivity index (χ0v) is 16.8. The van der Waals surface area contributed by atoms with Crippen LogP contribution >= 0.6 is 0 Å². The van der Waals surface area contributed by atoms with Gasteiger partial charge in [0.2, 0.25) is 0 Å². The Hall–Kier alpha value is -3.55. The number of amides is 1. The zero-order chi connectivity index (χ0) is 21.0. The summed E-state index contributed by atoms with van der Waals surface area (Å²) in [6.07, 6.45) is 3.57. The number of ether oxygens (including phenoxy) is 2. The van der Waals surface area contributed by atoms with Gasteiger partial charge in [-0.25, -0.2) is 9.78 Å². The van der Waals surface area contributed by atoms with E-state index < -0.39 is 5.97 Å². The molecule has 2 aromatic heterocycles. The fourth-order valence-corrected chi connectivity index (χ4v) is 2.84. The number of hydrogen-bond donors (Lipinski definition) is 0. The number of aromatic nitrogens is 2. The summed E-state index contributed by atoms with van der Waals surface area (Å²) in [7, 11) is 4.88. The van der Waals surface area contributed by atoms with E-state index in [1.54, 1.807) is 50.5 Å². The molecule has 0 N–H and O–H groups in total. The zero-order valence-electron chi connectivity index (χ0n) is 16.8. The Morgan fingerprint density at radius 2 is 1.97 bits per heavy atom. The molecule has 3 aromatic rings. The smallest absolute Gasteiger partial charge is 0.341 e. The fraction of sp³-hybridized carbons (Fsp3) is 0.286. The van der Waals surface area contributed by atoms with Gasteiger partial charge in [0.25, 0.3) is 5.91 Å². The fourth-order valence-electron chi connectivity index (χ4n) is 2.84. The van der Waals surface area contributed by atoms with Gasteiger partial charge < -0.3 is 23.4 Å². The van der Waals surface area contributed by atoms with E-state index in [2.05, 4.69) is 4.98 Å². The van der Waals surface area contributed by atoms with Gasteiger partial charge in [-0.1, -0.05) is 0 Å². The predicted octanol–water partition coefficient (Wildman–Crippen LogP) is 2.96. The molecule has 0 unspecified atom stereocenters. The van der Waals surface area contributed by atoms with E-state index in [1.807, 2.05) is 17.8 Å². The lowest BCUT2D eigenvalue weighted by Crippen LogP contribution is -2.25. The van der Waals surface area contributed by atoms with E-state index in [-0.39, 0.29) is 12.5 Å². The Kier molecular flexibility index (Phi) is 6.01. The normalized spacial score (nSPS) is 10.6. The number of imidazole rings is 1. The number of benzene rings is 1. The van der Waals surface area contributed by atoms with Crippen molar-refractivity contribution in [2.75, 3.05) is 14.2 Å². The Balaban J connectivity index is 1.61. The van der Waals surface area contributed by atoms with Gasteiger partial charge in [0.1, 0.15) is 35.3 Å². The highest BCUT2D eigenvalue weighted by Gasteiger charge is 2.18. The van der Waals surface area contributed by atoms with Crippen LogP contribution in [0.3, 0.4) is 0 Å². The summed E-state index contributed by atoms with van der Waals surface area (Å²) in [4.78, 5) is 30.1. The number of furan rings is 1. The van der Waals surface area contributed by atoms with Crippen molar-refractivity contribution in [1.82, 2.24) is 14.5 Å². The molecule has 0 aliphatic heterocycles. The van der Waals surface area contributed by atoms with Crippen LogP contribution in [0.1, 0.15) is 38.1 Å². The van der Waals surface area contributed by atoms with Crippen molar-refractivity contribution in [3.63, 3.8) is 0 Å². The maximum Gasteiger partial charge on any atom is 0.341 e. The van der Waals surface area contributed by atoms with Crippen LogP contribution in [0.25, 0.3) is 0 Å². The molecule has 29 heavy (non-hydrogen) atoms. The standard InChI is InChI=1S/C21H23N3O5/c1-14-18(21(26)27-4)11-17(29-14)12-24(3)20(25)15-5-7-16(8-6-15)28-13-19-22-9-10-23(19)2/h5-11H,12-13H2,1-4H3. The molecule has 0 atom stereocenters. The lowest BCUT2D eigenvalue weighted by molar-refractivity contribution is 0.0598. The number of hydrogen-bond acceptors (Lipinski definition) is 6. The van der Waals surface area contributed by atoms with Gasteiger partial charge in [-0.05, 0) is 37.3 Å². The molecular formula is C21H23N3O5. The first kappa shape index (κ1) is 20.2. The van der Waals surface area contributed by atoms with Crippen molar-refractivity contribution >= 4 is 11.9 Å². The molecule has 2 heterocycles. The molecule has 0 saturated heterocycles. The SMILES string of the molecule is COC(=O)c1cc(CN(C)C(=O)c2ccc(OCc3nccn3C)cc2)oc1C. The van der Waals surface area contributed by atoms with Crippen LogP contribution in [-0.2, 0) is 24.9 Å². The van der Waals surface area contributed by atoms with Crippen molar-refractivity contribution < 1.29 is 23.5 Å². The molecule has 0 aliphatic carbocycles. The van der Waals surface area contributed by atoms with Gasteiger partial charge in [-0.2, -0.15) is 0 Å². The average molecular weight is 397 g/mol. The molecule has 8 heteroatoms. The molecule has 152 valence electrons. The predicted molar refractivity (Wildman–Crippen MR) is 105 cm³/mol. The highest BCUT2D eigenvalue weighted by Crippen LogP contribution is 2.19. The first-order valence-electron chi connectivity index (χ1n) is 9.01. The third-order valence-electron chi connectivity index (χ3n) is 4.50. The molecule has 0 aliphatic rings. The average Bonchev–Trinajstić information content (AvgIpc) is 3.30. The number of carbonyl (C=O) groups is 2. The summed E-state index contributed by atoms with van der Waals surface area (Å²) >= 11 is 0. The van der Waals surface area contributed by atoms with Crippen LogP contribution in [0, 0.1) is 6.92 Å². The number of aryl methyl sites for hydroxylation is 2. The van der Waals surface area contributed by atoms with Crippen LogP contribution < -0.4 is 4.74 Å². The number of carbonyl (C=O) groups excluding carboxylic acids is 2. The molecule has 0 saturated carbocycles. The lowest BCUT2D eigenvalue weighted by atomic mass is 10.2. The van der Waals surface area contributed by atoms with Crippen LogP contribution in [0.2, 0.25) is 0 Å². The Labute approximate surface area is 168 Å². The van der Waals surface area contributed by atoms with Gasteiger partial charge in [0, 0.05) is 32.1 Å². The second-order valence-electron chi connectivity index (χ2n) is 6.60. The molecular weight excluding hydrogens is 374 g/mol. The number of methoxy groups -OCH3 is 1. The monoisotopic (exact) mass is 397 g/mol. The van der Waals surface area contributed by atoms with Crippen LogP contribution in [0.15, 0.2) is 47.1 Å². The van der Waals surface area contributed by atoms with Gasteiger partial charge >= 0.3 is 5.97 Å². The summed E-state index contributed by atoms with van der Waals surface area (Å²) in [5.74, 6) is 1.79. The molecule has 0 bridgehead atoms. The summed E-state index contributed by atoms with van der Waals surface area (Å²) in [6, 6.07) is 8.51. The van der Waals surface area contributed by atoms with Crippen molar-refractivity contribution in [3.8, 4) is 5.75 Å². The van der Waals surface area contributed by atoms with E-state index >= 15 is 0 Å². The number of nitrogens with zero attached hydrogens (tertiary/aromatic N) is 3. The second-order valence-corrected chi connectivity index (χ2v) is 6.60. The summed E-state index contributed by atoms with van der Waals surface area (Å²) in [6.45, 7) is 2.26. The maximum absolute atomic E-state index is 12.7. The van der Waals surface area contributed by atoms with Crippen molar-refractivity contribution in [2.45, 2.75) is 20.1 Å². The minimum atomic E-state index is -0.465. The van der Waals surface area contributed by atoms with E-state index in [4.69, 9.17) is 13.9 Å². The van der Waals surface area contributed by atoms with Gasteiger partial charge in [0.05, 0.1) is 13.7 Å². The molecule has 0 spiro atoms. The third kappa shape index (κ3) is 4.66. The van der Waals surface area contributed by atoms with E-state index in [9.17, 15) is 9.59 Å². The molecule has 1 aromatic carbocycles. The van der Waals surface area contributed by atoms with Crippen molar-refractivity contribution in [3.05, 3.63) is 71.2 Å². The highest BCUT2D eigenvalue weighted by molar-refractivity contribution is 5.94. The first-order valence-corrected chi connectivity index (χ1v) is 9.01. The van der Waals surface area contributed by atoms with Gasteiger partial charge in [-0.15, -0.1) is 0 Å². The molecule has 0 fully saturated rings. The van der Waals surface area contributed by atoms with Gasteiger partial charge in [-0.3, -0.25) is 4.79 Å². The van der Waals surface area contributed by atoms with Crippen molar-refractivity contribution in [2.24, 2.45) is 7.05 Å². The molecule has 0 radical (unpaired) electrons. The Morgan fingerprint density at radius 1 is 1.24 bits per heavy atom. The second kappa shape index (κ2) is 8.64. The summed E-state index contributed by atoms with van der Waals surface area (Å²) in [5.41, 5.74) is 0.880. The van der Waals surface area contributed by atoms with Crippen molar-refractivity contribution in [1.29, 1.82) is 0 Å². The number of rotatable bonds is 7. The number of esters is 1. The first-order chi connectivity index (χ1) is 13.9. The Morgan fingerprint density at radius 3 is 2.59 bits per heavy atom. The van der Waals surface area contributed by atoms with Gasteiger partial charge in [0.15, 0.2) is 0 Å². The third-order valence-corrected chi connectivity index (χ3v) is 4.50. The van der Waals surface area contributed by atoms with E-state index in [0.717, 1.165) is 5.82 Å². The topological polar surface area (TPSA) is 86.8 Å². The molecule has 3 rings (SSSR count). The minimum absolute atomic E-state index is 0.172. The maximum atomic E-state index is 12.7. The van der Waals surface area contributed by atoms with Crippen LogP contribution in [-0.4, -0.2) is 40.5 Å². The molecule has 8 nitrogen and oxygen atoms in total. The highest BCUT2D eigenvalue weighted by atomic mass is 16.5.